The highest BCUT2D eigenvalue weighted by molar-refractivity contribution is 5.06. The molecule has 1 aromatic rings. The molecule has 0 aliphatic carbocycles. The number of furan rings is 1. The van der Waals surface area contributed by atoms with Gasteiger partial charge in [0.1, 0.15) is 11.5 Å². The van der Waals surface area contributed by atoms with Crippen LogP contribution in [0.5, 0.6) is 0 Å². The summed E-state index contributed by atoms with van der Waals surface area (Å²) >= 11 is 0. The van der Waals surface area contributed by atoms with E-state index in [9.17, 15) is 0 Å². The van der Waals surface area contributed by atoms with Crippen molar-refractivity contribution in [3.8, 4) is 0 Å². The maximum Gasteiger partial charge on any atom is 0.117 e. The molecule has 0 saturated heterocycles. The highest BCUT2D eigenvalue weighted by Gasteiger charge is 1.98. The predicted octanol–water partition coefficient (Wildman–Crippen LogP) is 1.67. The lowest BCUT2D eigenvalue weighted by Crippen LogP contribution is -2.15. The molecule has 3 heteroatoms. The smallest absolute Gasteiger partial charge is 0.117 e. The van der Waals surface area contributed by atoms with Gasteiger partial charge in [0.05, 0.1) is 6.54 Å². The number of rotatable bonds is 7. The van der Waals surface area contributed by atoms with Gasteiger partial charge in [0, 0.05) is 6.42 Å². The molecule has 0 atom stereocenters. The number of nitrogens with two attached hydrogens (primary N) is 1. The first-order valence-electron chi connectivity index (χ1n) is 5.35. The highest BCUT2D eigenvalue weighted by Crippen LogP contribution is 2.07. The highest BCUT2D eigenvalue weighted by atomic mass is 16.3. The van der Waals surface area contributed by atoms with Gasteiger partial charge in [0.2, 0.25) is 0 Å². The third kappa shape index (κ3) is 3.94. The largest absolute Gasteiger partial charge is 0.465 e. The van der Waals surface area contributed by atoms with Crippen LogP contribution in [0.15, 0.2) is 16.5 Å². The van der Waals surface area contributed by atoms with Gasteiger partial charge in [-0.25, -0.2) is 0 Å². The summed E-state index contributed by atoms with van der Waals surface area (Å²) in [5.74, 6) is 2.08. The van der Waals surface area contributed by atoms with Gasteiger partial charge in [-0.05, 0) is 38.1 Å². The summed E-state index contributed by atoms with van der Waals surface area (Å²) in [5, 5.41) is 3.32. The fraction of sp³-hybridized carbons (Fsp3) is 0.636. The zero-order valence-electron chi connectivity index (χ0n) is 8.88. The first kappa shape index (κ1) is 11.3. The Morgan fingerprint density at radius 2 is 2.07 bits per heavy atom. The van der Waals surface area contributed by atoms with Crippen LogP contribution >= 0.6 is 0 Å². The Balaban J connectivity index is 2.12. The van der Waals surface area contributed by atoms with E-state index in [2.05, 4.69) is 12.2 Å². The molecule has 0 saturated carbocycles. The van der Waals surface area contributed by atoms with Gasteiger partial charge in [-0.1, -0.05) is 6.92 Å². The van der Waals surface area contributed by atoms with E-state index in [0.29, 0.717) is 0 Å². The van der Waals surface area contributed by atoms with Gasteiger partial charge in [-0.15, -0.1) is 0 Å². The molecule has 0 bridgehead atoms. The first-order chi connectivity index (χ1) is 6.86. The van der Waals surface area contributed by atoms with E-state index in [1.807, 2.05) is 12.1 Å². The van der Waals surface area contributed by atoms with Crippen LogP contribution in [-0.4, -0.2) is 13.1 Å². The fourth-order valence-electron chi connectivity index (χ4n) is 1.31. The van der Waals surface area contributed by atoms with Crippen molar-refractivity contribution in [3.05, 3.63) is 23.7 Å². The van der Waals surface area contributed by atoms with E-state index in [-0.39, 0.29) is 0 Å². The number of hydrogen-bond acceptors (Lipinski definition) is 3. The zero-order valence-corrected chi connectivity index (χ0v) is 8.88. The van der Waals surface area contributed by atoms with Crippen molar-refractivity contribution >= 4 is 0 Å². The Morgan fingerprint density at radius 1 is 1.29 bits per heavy atom. The van der Waals surface area contributed by atoms with Crippen molar-refractivity contribution in [3.63, 3.8) is 0 Å². The molecule has 3 nitrogen and oxygen atoms in total. The molecule has 1 rings (SSSR count). The van der Waals surface area contributed by atoms with E-state index in [4.69, 9.17) is 10.2 Å². The maximum atomic E-state index is 5.55. The summed E-state index contributed by atoms with van der Waals surface area (Å²) in [5.41, 5.74) is 5.40. The van der Waals surface area contributed by atoms with Crippen LogP contribution in [-0.2, 0) is 13.0 Å². The average Bonchev–Trinajstić information content (AvgIpc) is 2.65. The zero-order chi connectivity index (χ0) is 10.2. The molecule has 0 spiro atoms. The SMILES string of the molecule is CCc1ccc(CNCCCCN)o1. The van der Waals surface area contributed by atoms with Crippen molar-refractivity contribution in [1.82, 2.24) is 5.32 Å². The normalized spacial score (nSPS) is 10.7. The molecular formula is C11H20N2O. The lowest BCUT2D eigenvalue weighted by atomic mass is 10.3. The van der Waals surface area contributed by atoms with Gasteiger partial charge in [-0.2, -0.15) is 0 Å². The van der Waals surface area contributed by atoms with Gasteiger partial charge in [0.25, 0.3) is 0 Å². The summed E-state index contributed by atoms with van der Waals surface area (Å²) in [4.78, 5) is 0. The molecule has 3 N–H and O–H groups in total. The monoisotopic (exact) mass is 196 g/mol. The van der Waals surface area contributed by atoms with Crippen molar-refractivity contribution < 1.29 is 4.42 Å². The number of aryl methyl sites for hydroxylation is 1. The van der Waals surface area contributed by atoms with Crippen LogP contribution in [0.3, 0.4) is 0 Å². The molecule has 0 unspecified atom stereocenters. The van der Waals surface area contributed by atoms with Gasteiger partial charge < -0.3 is 15.5 Å². The van der Waals surface area contributed by atoms with Gasteiger partial charge in [0.15, 0.2) is 0 Å². The topological polar surface area (TPSA) is 51.2 Å². The maximum absolute atomic E-state index is 5.55. The third-order valence-corrected chi connectivity index (χ3v) is 2.17. The van der Waals surface area contributed by atoms with E-state index in [1.54, 1.807) is 0 Å². The Bertz CT molecular complexity index is 245. The van der Waals surface area contributed by atoms with Gasteiger partial charge >= 0.3 is 0 Å². The molecular weight excluding hydrogens is 176 g/mol. The standard InChI is InChI=1S/C11H20N2O/c1-2-10-5-6-11(14-10)9-13-8-4-3-7-12/h5-6,13H,2-4,7-9,12H2,1H3. The second-order valence-corrected chi connectivity index (χ2v) is 3.39. The van der Waals surface area contributed by atoms with Gasteiger partial charge in [-0.3, -0.25) is 0 Å². The average molecular weight is 196 g/mol. The fourth-order valence-corrected chi connectivity index (χ4v) is 1.31. The summed E-state index contributed by atoms with van der Waals surface area (Å²) in [6.45, 7) is 4.71. The Labute approximate surface area is 85.7 Å². The number of nitrogens with one attached hydrogen (secondary N) is 1. The van der Waals surface area contributed by atoms with E-state index in [0.717, 1.165) is 50.4 Å². The minimum absolute atomic E-state index is 0.780. The third-order valence-electron chi connectivity index (χ3n) is 2.17. The van der Waals surface area contributed by atoms with Crippen LogP contribution in [0, 0.1) is 0 Å². The molecule has 0 fully saturated rings. The minimum atomic E-state index is 0.780. The molecule has 0 aromatic carbocycles. The predicted molar refractivity (Wildman–Crippen MR) is 58.1 cm³/mol. The Hall–Kier alpha value is -0.800. The molecule has 14 heavy (non-hydrogen) atoms. The number of hydrogen-bond donors (Lipinski definition) is 2. The van der Waals surface area contributed by atoms with E-state index in [1.165, 1.54) is 0 Å². The van der Waals surface area contributed by atoms with Crippen LogP contribution in [0.4, 0.5) is 0 Å². The second-order valence-electron chi connectivity index (χ2n) is 3.39. The summed E-state index contributed by atoms with van der Waals surface area (Å²) in [6, 6.07) is 4.08. The number of unbranched alkanes of at least 4 members (excludes halogenated alkanes) is 1. The molecule has 0 aliphatic heterocycles. The minimum Gasteiger partial charge on any atom is -0.465 e. The van der Waals surface area contributed by atoms with Crippen LogP contribution in [0.1, 0.15) is 31.3 Å². The second kappa shape index (κ2) is 6.62. The molecule has 1 heterocycles. The Kier molecular flexibility index (Phi) is 5.33. The summed E-state index contributed by atoms with van der Waals surface area (Å²) in [6.07, 6.45) is 3.19. The molecule has 0 aliphatic rings. The quantitative estimate of drug-likeness (QED) is 0.652. The summed E-state index contributed by atoms with van der Waals surface area (Å²) in [7, 11) is 0. The lowest BCUT2D eigenvalue weighted by Gasteiger charge is -2.01. The molecule has 1 aromatic heterocycles. The summed E-state index contributed by atoms with van der Waals surface area (Å²) < 4.78 is 5.55. The van der Waals surface area contributed by atoms with Crippen LogP contribution in [0.2, 0.25) is 0 Å². The molecule has 80 valence electrons. The van der Waals surface area contributed by atoms with Crippen LogP contribution < -0.4 is 11.1 Å². The van der Waals surface area contributed by atoms with E-state index >= 15 is 0 Å². The van der Waals surface area contributed by atoms with E-state index < -0.39 is 0 Å². The molecule has 0 amide bonds. The van der Waals surface area contributed by atoms with Crippen molar-refractivity contribution in [2.45, 2.75) is 32.7 Å². The van der Waals surface area contributed by atoms with Crippen molar-refractivity contribution in [2.24, 2.45) is 5.73 Å². The van der Waals surface area contributed by atoms with Crippen LogP contribution in [0.25, 0.3) is 0 Å². The molecule has 0 radical (unpaired) electrons. The van der Waals surface area contributed by atoms with Crippen molar-refractivity contribution in [2.75, 3.05) is 13.1 Å². The van der Waals surface area contributed by atoms with Crippen molar-refractivity contribution in [1.29, 1.82) is 0 Å². The Morgan fingerprint density at radius 3 is 2.71 bits per heavy atom. The lowest BCUT2D eigenvalue weighted by molar-refractivity contribution is 0.448. The first-order valence-corrected chi connectivity index (χ1v) is 5.35.